The van der Waals surface area contributed by atoms with Crippen LogP contribution in [0.25, 0.3) is 6.08 Å². The van der Waals surface area contributed by atoms with Gasteiger partial charge < -0.3 is 19.3 Å². The fourth-order valence-electron chi connectivity index (χ4n) is 4.51. The molecule has 4 aromatic rings. The summed E-state index contributed by atoms with van der Waals surface area (Å²) >= 11 is 2.70. The van der Waals surface area contributed by atoms with E-state index in [1.165, 1.54) is 35.8 Å². The number of carbonyl (C=O) groups is 2. The zero-order valence-corrected chi connectivity index (χ0v) is 24.1. The number of esters is 1. The summed E-state index contributed by atoms with van der Waals surface area (Å²) in [7, 11) is 1.52. The van der Waals surface area contributed by atoms with Crippen LogP contribution in [0.5, 0.6) is 11.5 Å². The summed E-state index contributed by atoms with van der Waals surface area (Å²) < 4.78 is 18.8. The first-order chi connectivity index (χ1) is 19.8. The van der Waals surface area contributed by atoms with Gasteiger partial charge in [0.05, 0.1) is 35.1 Å². The van der Waals surface area contributed by atoms with Crippen LogP contribution in [-0.4, -0.2) is 35.3 Å². The Labute approximate surface area is 242 Å². The highest BCUT2D eigenvalue weighted by Gasteiger charge is 2.33. The normalized spacial score (nSPS) is 14.8. The third kappa shape index (κ3) is 5.72. The number of fused-ring (bicyclic) bond motifs is 1. The SMILES string of the molecule is CCOC(=O)C1=C(C)N=c2s/c(=C\c3ccc(OCc4cccc(C(=O)O)c4)c(OC)c3)c(=O)n2[C@H]1c1cccs1. The number of aromatic nitrogens is 1. The molecule has 41 heavy (non-hydrogen) atoms. The number of thiophene rings is 1. The standard InChI is InChI=1S/C30H26N2O7S2/c1-4-38-29(36)25-17(2)31-30-32(26(25)23-9-6-12-40-23)27(33)24(41-30)15-18-10-11-21(22(14-18)37-3)39-16-19-7-5-8-20(13-19)28(34)35/h5-15,26H,4,16H2,1-3H3,(H,34,35)/b24-15-/t26-/m0/s1. The zero-order valence-electron chi connectivity index (χ0n) is 22.5. The number of rotatable bonds is 9. The average Bonchev–Trinajstić information content (AvgIpc) is 3.60. The van der Waals surface area contributed by atoms with Crippen LogP contribution in [0.15, 0.2) is 81.0 Å². The van der Waals surface area contributed by atoms with Gasteiger partial charge in [-0.15, -0.1) is 11.3 Å². The minimum absolute atomic E-state index is 0.153. The second-order valence-electron chi connectivity index (χ2n) is 9.02. The number of carboxylic acids is 1. The van der Waals surface area contributed by atoms with E-state index in [-0.39, 0.29) is 24.3 Å². The van der Waals surface area contributed by atoms with Crippen molar-refractivity contribution in [2.24, 2.45) is 4.99 Å². The summed E-state index contributed by atoms with van der Waals surface area (Å²) in [6.45, 7) is 3.86. The number of ether oxygens (including phenoxy) is 3. The maximum absolute atomic E-state index is 13.7. The predicted molar refractivity (Wildman–Crippen MR) is 155 cm³/mol. The molecule has 0 unspecified atom stereocenters. The van der Waals surface area contributed by atoms with Crippen LogP contribution >= 0.6 is 22.7 Å². The third-order valence-corrected chi connectivity index (χ3v) is 8.29. The molecule has 1 aliphatic rings. The van der Waals surface area contributed by atoms with E-state index in [9.17, 15) is 19.5 Å². The first kappa shape index (κ1) is 28.1. The lowest BCUT2D eigenvalue weighted by atomic mass is 10.0. The summed E-state index contributed by atoms with van der Waals surface area (Å²) in [4.78, 5) is 43.8. The van der Waals surface area contributed by atoms with E-state index in [0.717, 1.165) is 4.88 Å². The Balaban J connectivity index is 1.49. The maximum Gasteiger partial charge on any atom is 0.338 e. The topological polar surface area (TPSA) is 116 Å². The van der Waals surface area contributed by atoms with Crippen molar-refractivity contribution in [2.75, 3.05) is 13.7 Å². The lowest BCUT2D eigenvalue weighted by molar-refractivity contribution is -0.139. The quantitative estimate of drug-likeness (QED) is 0.291. The maximum atomic E-state index is 13.7. The Hall–Kier alpha value is -4.48. The molecule has 210 valence electrons. The van der Waals surface area contributed by atoms with Crippen molar-refractivity contribution in [2.45, 2.75) is 26.5 Å². The fraction of sp³-hybridized carbons (Fsp3) is 0.200. The summed E-state index contributed by atoms with van der Waals surface area (Å²) in [5.74, 6) is -0.568. The van der Waals surface area contributed by atoms with E-state index in [4.69, 9.17) is 14.2 Å². The molecule has 5 rings (SSSR count). The van der Waals surface area contributed by atoms with E-state index in [1.54, 1.807) is 60.9 Å². The van der Waals surface area contributed by atoms with E-state index >= 15 is 0 Å². The number of hydrogen-bond acceptors (Lipinski definition) is 9. The Morgan fingerprint density at radius 1 is 1.12 bits per heavy atom. The Morgan fingerprint density at radius 2 is 1.95 bits per heavy atom. The van der Waals surface area contributed by atoms with Gasteiger partial charge in [0.2, 0.25) is 0 Å². The van der Waals surface area contributed by atoms with E-state index < -0.39 is 18.0 Å². The number of carboxylic acid groups (broad SMARTS) is 1. The molecule has 0 fully saturated rings. The summed E-state index contributed by atoms with van der Waals surface area (Å²) in [6, 6.07) is 15.0. The zero-order chi connectivity index (χ0) is 29.1. The number of allylic oxidation sites excluding steroid dienone is 1. The van der Waals surface area contributed by atoms with Crippen molar-refractivity contribution in [3.63, 3.8) is 0 Å². The van der Waals surface area contributed by atoms with Crippen LogP contribution in [0.3, 0.4) is 0 Å². The van der Waals surface area contributed by atoms with Crippen molar-refractivity contribution in [3.8, 4) is 11.5 Å². The Kier molecular flexibility index (Phi) is 8.18. The Morgan fingerprint density at radius 3 is 2.66 bits per heavy atom. The van der Waals surface area contributed by atoms with Crippen molar-refractivity contribution in [3.05, 3.63) is 113 Å². The third-order valence-electron chi connectivity index (χ3n) is 6.38. The largest absolute Gasteiger partial charge is 0.493 e. The molecule has 1 atom stereocenters. The first-order valence-electron chi connectivity index (χ1n) is 12.7. The number of benzene rings is 2. The van der Waals surface area contributed by atoms with Gasteiger partial charge in [-0.3, -0.25) is 9.36 Å². The number of thiazole rings is 1. The van der Waals surface area contributed by atoms with Crippen molar-refractivity contribution >= 4 is 40.7 Å². The van der Waals surface area contributed by atoms with Crippen LogP contribution in [0.2, 0.25) is 0 Å². The highest BCUT2D eigenvalue weighted by atomic mass is 32.1. The van der Waals surface area contributed by atoms with Crippen LogP contribution in [0.1, 0.15) is 46.3 Å². The summed E-state index contributed by atoms with van der Waals surface area (Å²) in [5, 5.41) is 11.1. The predicted octanol–water partition coefficient (Wildman–Crippen LogP) is 4.15. The van der Waals surface area contributed by atoms with Gasteiger partial charge in [0.25, 0.3) is 5.56 Å². The van der Waals surface area contributed by atoms with Crippen molar-refractivity contribution < 1.29 is 28.9 Å². The molecule has 0 amide bonds. The molecule has 0 spiro atoms. The van der Waals surface area contributed by atoms with Crippen LogP contribution in [0, 0.1) is 0 Å². The molecular weight excluding hydrogens is 564 g/mol. The lowest BCUT2D eigenvalue weighted by Gasteiger charge is -2.23. The van der Waals surface area contributed by atoms with Gasteiger partial charge in [0, 0.05) is 4.88 Å². The van der Waals surface area contributed by atoms with Gasteiger partial charge in [-0.1, -0.05) is 35.6 Å². The molecule has 0 bridgehead atoms. The minimum Gasteiger partial charge on any atom is -0.493 e. The van der Waals surface area contributed by atoms with Crippen molar-refractivity contribution in [1.82, 2.24) is 4.57 Å². The molecule has 1 N–H and O–H groups in total. The smallest absolute Gasteiger partial charge is 0.338 e. The monoisotopic (exact) mass is 590 g/mol. The molecule has 3 heterocycles. The number of hydrogen-bond donors (Lipinski definition) is 1. The van der Waals surface area contributed by atoms with Gasteiger partial charge in [-0.2, -0.15) is 0 Å². The van der Waals surface area contributed by atoms with Crippen LogP contribution < -0.4 is 24.4 Å². The Bertz CT molecular complexity index is 1830. The lowest BCUT2D eigenvalue weighted by Crippen LogP contribution is -2.39. The van der Waals surface area contributed by atoms with E-state index in [0.29, 0.717) is 43.2 Å². The van der Waals surface area contributed by atoms with Crippen molar-refractivity contribution in [1.29, 1.82) is 0 Å². The number of nitrogens with zero attached hydrogens (tertiary/aromatic N) is 2. The summed E-state index contributed by atoms with van der Waals surface area (Å²) in [6.07, 6.45) is 1.75. The van der Waals surface area contributed by atoms with E-state index in [2.05, 4.69) is 4.99 Å². The highest BCUT2D eigenvalue weighted by molar-refractivity contribution is 7.10. The van der Waals surface area contributed by atoms with Gasteiger partial charge >= 0.3 is 11.9 Å². The van der Waals surface area contributed by atoms with Gasteiger partial charge in [0.1, 0.15) is 12.6 Å². The average molecular weight is 591 g/mol. The van der Waals surface area contributed by atoms with Gasteiger partial charge in [-0.05, 0) is 66.8 Å². The van der Waals surface area contributed by atoms with Gasteiger partial charge in [-0.25, -0.2) is 14.6 Å². The fourth-order valence-corrected chi connectivity index (χ4v) is 6.38. The van der Waals surface area contributed by atoms with Crippen LogP contribution in [0.4, 0.5) is 0 Å². The van der Waals surface area contributed by atoms with Gasteiger partial charge in [0.15, 0.2) is 16.3 Å². The molecule has 1 aliphatic heterocycles. The summed E-state index contributed by atoms with van der Waals surface area (Å²) in [5.41, 5.74) is 2.20. The molecule has 2 aromatic carbocycles. The number of carbonyl (C=O) groups excluding carboxylic acids is 1. The molecule has 0 radical (unpaired) electrons. The molecule has 11 heteroatoms. The van der Waals surface area contributed by atoms with E-state index in [1.807, 2.05) is 17.5 Å². The molecule has 9 nitrogen and oxygen atoms in total. The number of methoxy groups -OCH3 is 1. The first-order valence-corrected chi connectivity index (χ1v) is 14.4. The number of aromatic carboxylic acids is 1. The second-order valence-corrected chi connectivity index (χ2v) is 11.0. The molecule has 2 aromatic heterocycles. The molecular formula is C30H26N2O7S2. The second kappa shape index (κ2) is 11.9. The molecule has 0 aliphatic carbocycles. The molecule has 0 saturated heterocycles. The highest BCUT2D eigenvalue weighted by Crippen LogP contribution is 2.33. The molecule has 0 saturated carbocycles. The van der Waals surface area contributed by atoms with Crippen LogP contribution in [-0.2, 0) is 16.1 Å². The minimum atomic E-state index is -1.01.